The second-order valence-electron chi connectivity index (χ2n) is 6.13. The van der Waals surface area contributed by atoms with E-state index in [1.54, 1.807) is 30.3 Å². The van der Waals surface area contributed by atoms with Gasteiger partial charge in [0.15, 0.2) is 5.65 Å². The third kappa shape index (κ3) is 2.31. The second kappa shape index (κ2) is 5.63. The molecular weight excluding hydrogens is 304 g/mol. The first kappa shape index (κ1) is 14.7. The molecule has 0 saturated carbocycles. The number of nitrogens with zero attached hydrogens (tertiary/aromatic N) is 4. The number of hydrogen-bond donors (Lipinski definition) is 0. The minimum atomic E-state index is -0.292. The van der Waals surface area contributed by atoms with Crippen molar-refractivity contribution in [1.29, 1.82) is 0 Å². The van der Waals surface area contributed by atoms with E-state index in [0.29, 0.717) is 5.65 Å². The number of carbonyl (C=O) groups excluding carboxylic acids is 1. The maximum absolute atomic E-state index is 12.7. The zero-order valence-electron chi connectivity index (χ0n) is 13.4. The minimum Gasteiger partial charge on any atom is -0.337 e. The van der Waals surface area contributed by atoms with Crippen LogP contribution >= 0.6 is 0 Å². The van der Waals surface area contributed by atoms with Gasteiger partial charge in [-0.05, 0) is 36.1 Å². The SMILES string of the molecule is CN(C(=O)Cn1nc2ccccn2c1=O)C1CCc2ccccc21. The number of aromatic nitrogens is 3. The van der Waals surface area contributed by atoms with E-state index in [9.17, 15) is 9.59 Å². The number of benzene rings is 1. The largest absolute Gasteiger partial charge is 0.350 e. The Morgan fingerprint density at radius 1 is 1.25 bits per heavy atom. The number of aryl methyl sites for hydroxylation is 1. The average molecular weight is 322 g/mol. The van der Waals surface area contributed by atoms with Crippen molar-refractivity contribution in [3.8, 4) is 0 Å². The summed E-state index contributed by atoms with van der Waals surface area (Å²) in [4.78, 5) is 26.7. The molecular formula is C18H18N4O2. The molecule has 0 saturated heterocycles. The van der Waals surface area contributed by atoms with E-state index in [2.05, 4.69) is 17.2 Å². The van der Waals surface area contributed by atoms with Crippen molar-refractivity contribution in [3.63, 3.8) is 0 Å². The van der Waals surface area contributed by atoms with Crippen LogP contribution in [0.1, 0.15) is 23.6 Å². The molecule has 6 heteroatoms. The van der Waals surface area contributed by atoms with Crippen LogP contribution in [-0.2, 0) is 17.8 Å². The fourth-order valence-corrected chi connectivity index (χ4v) is 3.42. The van der Waals surface area contributed by atoms with Crippen LogP contribution in [0, 0.1) is 0 Å². The summed E-state index contributed by atoms with van der Waals surface area (Å²) < 4.78 is 2.67. The van der Waals surface area contributed by atoms with E-state index in [-0.39, 0.29) is 24.2 Å². The normalized spacial score (nSPS) is 16.3. The van der Waals surface area contributed by atoms with Crippen LogP contribution in [0.2, 0.25) is 0 Å². The molecule has 24 heavy (non-hydrogen) atoms. The van der Waals surface area contributed by atoms with Gasteiger partial charge in [-0.2, -0.15) is 0 Å². The maximum atomic E-state index is 12.7. The Hall–Kier alpha value is -2.89. The van der Waals surface area contributed by atoms with Gasteiger partial charge < -0.3 is 4.90 Å². The van der Waals surface area contributed by atoms with E-state index in [1.165, 1.54) is 20.2 Å². The highest BCUT2D eigenvalue weighted by molar-refractivity contribution is 5.76. The van der Waals surface area contributed by atoms with Gasteiger partial charge in [-0.25, -0.2) is 9.48 Å². The van der Waals surface area contributed by atoms with Gasteiger partial charge in [-0.15, -0.1) is 5.10 Å². The smallest absolute Gasteiger partial charge is 0.337 e. The van der Waals surface area contributed by atoms with Gasteiger partial charge in [0, 0.05) is 13.2 Å². The highest BCUT2D eigenvalue weighted by Crippen LogP contribution is 2.34. The van der Waals surface area contributed by atoms with Gasteiger partial charge >= 0.3 is 5.69 Å². The fraction of sp³-hybridized carbons (Fsp3) is 0.278. The summed E-state index contributed by atoms with van der Waals surface area (Å²) in [6, 6.07) is 13.6. The summed E-state index contributed by atoms with van der Waals surface area (Å²) in [5.74, 6) is -0.109. The topological polar surface area (TPSA) is 59.6 Å². The second-order valence-corrected chi connectivity index (χ2v) is 6.13. The Kier molecular flexibility index (Phi) is 3.45. The number of fused-ring (bicyclic) bond motifs is 2. The number of rotatable bonds is 3. The van der Waals surface area contributed by atoms with Crippen LogP contribution in [-0.4, -0.2) is 32.0 Å². The van der Waals surface area contributed by atoms with Crippen molar-refractivity contribution in [2.45, 2.75) is 25.4 Å². The summed E-state index contributed by atoms with van der Waals surface area (Å²) in [6.45, 7) is -0.0460. The molecule has 6 nitrogen and oxygen atoms in total. The number of likely N-dealkylation sites (N-methyl/N-ethyl adjacent to an activating group) is 1. The van der Waals surface area contributed by atoms with Gasteiger partial charge in [-0.1, -0.05) is 30.3 Å². The van der Waals surface area contributed by atoms with E-state index in [0.717, 1.165) is 12.8 Å². The zero-order valence-corrected chi connectivity index (χ0v) is 13.4. The summed E-state index contributed by atoms with van der Waals surface area (Å²) in [7, 11) is 1.80. The molecule has 1 amide bonds. The van der Waals surface area contributed by atoms with Gasteiger partial charge in [0.1, 0.15) is 6.54 Å². The first-order valence-electron chi connectivity index (χ1n) is 8.03. The van der Waals surface area contributed by atoms with Gasteiger partial charge in [0.05, 0.1) is 6.04 Å². The monoisotopic (exact) mass is 322 g/mol. The lowest BCUT2D eigenvalue weighted by Gasteiger charge is -2.25. The molecule has 0 radical (unpaired) electrons. The number of pyridine rings is 1. The molecule has 0 fully saturated rings. The molecule has 0 spiro atoms. The number of carbonyl (C=O) groups is 1. The van der Waals surface area contributed by atoms with Gasteiger partial charge in [-0.3, -0.25) is 9.20 Å². The Bertz CT molecular complexity index is 972. The van der Waals surface area contributed by atoms with Crippen molar-refractivity contribution in [2.24, 2.45) is 0 Å². The number of amides is 1. The molecule has 3 aromatic rings. The molecule has 2 heterocycles. The molecule has 1 atom stereocenters. The van der Waals surface area contributed by atoms with Crippen molar-refractivity contribution < 1.29 is 4.79 Å². The summed E-state index contributed by atoms with van der Waals surface area (Å²) in [5.41, 5.74) is 2.76. The van der Waals surface area contributed by atoms with E-state index >= 15 is 0 Å². The lowest BCUT2D eigenvalue weighted by molar-refractivity contribution is -0.133. The van der Waals surface area contributed by atoms with E-state index in [1.807, 2.05) is 18.2 Å². The fourth-order valence-electron chi connectivity index (χ4n) is 3.42. The highest BCUT2D eigenvalue weighted by atomic mass is 16.2. The van der Waals surface area contributed by atoms with Crippen LogP contribution in [0.15, 0.2) is 53.5 Å². The molecule has 0 aliphatic heterocycles. The predicted octanol–water partition coefficient (Wildman–Crippen LogP) is 1.64. The van der Waals surface area contributed by atoms with Crippen LogP contribution in [0.5, 0.6) is 0 Å². The Morgan fingerprint density at radius 2 is 2.04 bits per heavy atom. The van der Waals surface area contributed by atoms with E-state index < -0.39 is 0 Å². The van der Waals surface area contributed by atoms with Crippen molar-refractivity contribution in [3.05, 3.63) is 70.3 Å². The van der Waals surface area contributed by atoms with Crippen molar-refractivity contribution in [2.75, 3.05) is 7.05 Å². The quantitative estimate of drug-likeness (QED) is 0.736. The molecule has 1 aliphatic carbocycles. The van der Waals surface area contributed by atoms with Crippen LogP contribution in [0.4, 0.5) is 0 Å². The van der Waals surface area contributed by atoms with Crippen LogP contribution < -0.4 is 5.69 Å². The molecule has 4 rings (SSSR count). The summed E-state index contributed by atoms with van der Waals surface area (Å²) in [5, 5.41) is 4.23. The van der Waals surface area contributed by atoms with E-state index in [4.69, 9.17) is 0 Å². The Labute approximate surface area is 138 Å². The lowest BCUT2D eigenvalue weighted by Crippen LogP contribution is -2.36. The molecule has 0 bridgehead atoms. The van der Waals surface area contributed by atoms with Crippen LogP contribution in [0.3, 0.4) is 0 Å². The maximum Gasteiger partial charge on any atom is 0.350 e. The third-order valence-corrected chi connectivity index (χ3v) is 4.74. The molecule has 1 aliphatic rings. The highest BCUT2D eigenvalue weighted by Gasteiger charge is 2.28. The summed E-state index contributed by atoms with van der Waals surface area (Å²) in [6.07, 6.45) is 3.55. The Morgan fingerprint density at radius 3 is 2.88 bits per heavy atom. The molecule has 1 aromatic carbocycles. The zero-order chi connectivity index (χ0) is 16.7. The molecule has 2 aromatic heterocycles. The third-order valence-electron chi connectivity index (χ3n) is 4.74. The van der Waals surface area contributed by atoms with Crippen molar-refractivity contribution >= 4 is 11.6 Å². The lowest BCUT2D eigenvalue weighted by atomic mass is 10.1. The average Bonchev–Trinajstić information content (AvgIpc) is 3.16. The first-order chi connectivity index (χ1) is 11.6. The molecule has 122 valence electrons. The number of hydrogen-bond acceptors (Lipinski definition) is 3. The van der Waals surface area contributed by atoms with Gasteiger partial charge in [0.2, 0.25) is 5.91 Å². The predicted molar refractivity (Wildman–Crippen MR) is 89.7 cm³/mol. The standard InChI is InChI=1S/C18H18N4O2/c1-20(15-10-9-13-6-2-3-7-14(13)15)17(23)12-22-18(24)21-11-5-4-8-16(21)19-22/h2-8,11,15H,9-10,12H2,1H3. The van der Waals surface area contributed by atoms with Gasteiger partial charge in [0.25, 0.3) is 0 Å². The molecule has 0 N–H and O–H groups in total. The first-order valence-corrected chi connectivity index (χ1v) is 8.03. The minimum absolute atomic E-state index is 0.0460. The Balaban J connectivity index is 1.58. The molecule has 1 unspecified atom stereocenters. The van der Waals surface area contributed by atoms with Crippen molar-refractivity contribution in [1.82, 2.24) is 19.1 Å². The van der Waals surface area contributed by atoms with Crippen LogP contribution in [0.25, 0.3) is 5.65 Å². The summed E-state index contributed by atoms with van der Waals surface area (Å²) >= 11 is 0.